The molecule has 0 fully saturated rings. The molecule has 0 heterocycles. The van der Waals surface area contributed by atoms with Crippen molar-refractivity contribution in [3.63, 3.8) is 0 Å². The van der Waals surface area contributed by atoms with Crippen LogP contribution < -0.4 is 0 Å². The maximum Gasteiger partial charge on any atom is 0.206 e. The summed E-state index contributed by atoms with van der Waals surface area (Å²) < 4.78 is 28.5. The first-order chi connectivity index (χ1) is 19.1. The summed E-state index contributed by atoms with van der Waals surface area (Å²) in [6, 6.07) is 47.5. The van der Waals surface area contributed by atoms with Crippen LogP contribution in [0.2, 0.25) is 0 Å². The lowest BCUT2D eigenvalue weighted by Gasteiger charge is -2.14. The molecule has 0 aliphatic rings. The van der Waals surface area contributed by atoms with Crippen molar-refractivity contribution in [1.29, 1.82) is 0 Å². The van der Waals surface area contributed by atoms with Crippen molar-refractivity contribution < 1.29 is 8.42 Å². The Morgan fingerprint density at radius 3 is 1.21 bits per heavy atom. The fourth-order valence-corrected chi connectivity index (χ4v) is 6.90. The molecule has 0 N–H and O–H groups in total. The molecule has 7 rings (SSSR count). The highest BCUT2D eigenvalue weighted by atomic mass is 32.2. The molecule has 0 radical (unpaired) electrons. The Hall–Kier alpha value is -4.73. The molecule has 2 nitrogen and oxygen atoms in total. The van der Waals surface area contributed by atoms with Gasteiger partial charge in [-0.05, 0) is 84.9 Å². The summed E-state index contributed by atoms with van der Waals surface area (Å²) in [6.45, 7) is 0. The quantitative estimate of drug-likeness (QED) is 0.217. The van der Waals surface area contributed by atoms with Gasteiger partial charge < -0.3 is 0 Å². The molecule has 186 valence electrons. The first-order valence-corrected chi connectivity index (χ1v) is 14.4. The molecule has 0 aromatic heterocycles. The topological polar surface area (TPSA) is 34.1 Å². The second-order valence-corrected chi connectivity index (χ2v) is 11.7. The van der Waals surface area contributed by atoms with Gasteiger partial charge in [-0.1, -0.05) is 115 Å². The monoisotopic (exact) mass is 520 g/mol. The van der Waals surface area contributed by atoms with Gasteiger partial charge in [0.25, 0.3) is 0 Å². The summed E-state index contributed by atoms with van der Waals surface area (Å²) in [5.74, 6) is 0. The highest BCUT2D eigenvalue weighted by molar-refractivity contribution is 7.91. The van der Waals surface area contributed by atoms with E-state index in [9.17, 15) is 8.42 Å². The van der Waals surface area contributed by atoms with E-state index in [4.69, 9.17) is 0 Å². The highest BCUT2D eigenvalue weighted by Gasteiger charge is 2.21. The van der Waals surface area contributed by atoms with Gasteiger partial charge in [-0.15, -0.1) is 0 Å². The maximum atomic E-state index is 14.2. The summed E-state index contributed by atoms with van der Waals surface area (Å²) in [5, 5.41) is 6.44. The van der Waals surface area contributed by atoms with Crippen molar-refractivity contribution in [1.82, 2.24) is 0 Å². The third kappa shape index (κ3) is 3.99. The number of benzene rings is 7. The Labute approximate surface area is 227 Å². The van der Waals surface area contributed by atoms with Gasteiger partial charge in [0.2, 0.25) is 9.84 Å². The Bertz CT molecular complexity index is 2020. The second kappa shape index (κ2) is 9.23. The Kier molecular flexibility index (Phi) is 5.54. The number of fused-ring (bicyclic) bond motifs is 6. The molecular weight excluding hydrogens is 496 g/mol. The normalized spacial score (nSPS) is 11.8. The van der Waals surface area contributed by atoms with Crippen LogP contribution in [0, 0.1) is 0 Å². The van der Waals surface area contributed by atoms with E-state index < -0.39 is 9.84 Å². The molecule has 0 atom stereocenters. The Morgan fingerprint density at radius 2 is 0.718 bits per heavy atom. The molecular formula is C36H24O2S. The van der Waals surface area contributed by atoms with Gasteiger partial charge in [0.05, 0.1) is 9.79 Å². The minimum Gasteiger partial charge on any atom is -0.219 e. The zero-order valence-corrected chi connectivity index (χ0v) is 21.9. The zero-order valence-electron chi connectivity index (χ0n) is 21.1. The summed E-state index contributed by atoms with van der Waals surface area (Å²) in [5.41, 5.74) is 3.69. The molecule has 7 aromatic rings. The number of sulfone groups is 1. The fraction of sp³-hybridized carbons (Fsp3) is 0. The van der Waals surface area contributed by atoms with Gasteiger partial charge in [0.15, 0.2) is 0 Å². The van der Waals surface area contributed by atoms with Crippen LogP contribution in [0.5, 0.6) is 0 Å². The average Bonchev–Trinajstić information content (AvgIpc) is 3.01. The fourth-order valence-electron chi connectivity index (χ4n) is 5.54. The van der Waals surface area contributed by atoms with E-state index in [0.29, 0.717) is 4.90 Å². The van der Waals surface area contributed by atoms with E-state index in [0.717, 1.165) is 49.2 Å². The van der Waals surface area contributed by atoms with Crippen LogP contribution in [0.15, 0.2) is 155 Å². The first kappa shape index (κ1) is 23.4. The van der Waals surface area contributed by atoms with E-state index in [1.165, 1.54) is 5.39 Å². The largest absolute Gasteiger partial charge is 0.219 e. The first-order valence-electron chi connectivity index (χ1n) is 12.9. The number of hydrogen-bond donors (Lipinski definition) is 0. The third-order valence-corrected chi connectivity index (χ3v) is 9.19. The van der Waals surface area contributed by atoms with E-state index in [2.05, 4.69) is 30.3 Å². The van der Waals surface area contributed by atoms with Crippen LogP contribution in [-0.2, 0) is 9.84 Å². The van der Waals surface area contributed by atoms with Crippen molar-refractivity contribution in [2.45, 2.75) is 9.79 Å². The van der Waals surface area contributed by atoms with Gasteiger partial charge in [-0.3, -0.25) is 0 Å². The smallest absolute Gasteiger partial charge is 0.206 e. The van der Waals surface area contributed by atoms with Crippen LogP contribution in [0.3, 0.4) is 0 Å². The van der Waals surface area contributed by atoms with Crippen molar-refractivity contribution in [3.05, 3.63) is 146 Å². The van der Waals surface area contributed by atoms with Crippen LogP contribution in [0.4, 0.5) is 0 Å². The van der Waals surface area contributed by atoms with Gasteiger partial charge in [-0.25, -0.2) is 8.42 Å². The predicted molar refractivity (Wildman–Crippen MR) is 162 cm³/mol. The SMILES string of the molecule is O=S(=O)(c1cc(-c2ccccc2)cc(-c2ccccc2)c1)c1ccc2c3ccccc3c3ccccc3c2c1. The summed E-state index contributed by atoms with van der Waals surface area (Å²) in [4.78, 5) is 0.576. The zero-order chi connectivity index (χ0) is 26.4. The van der Waals surface area contributed by atoms with E-state index in [1.54, 1.807) is 18.2 Å². The molecule has 0 saturated heterocycles. The number of rotatable bonds is 4. The second-order valence-electron chi connectivity index (χ2n) is 9.78. The molecule has 0 bridgehead atoms. The molecule has 39 heavy (non-hydrogen) atoms. The van der Waals surface area contributed by atoms with E-state index in [1.807, 2.05) is 97.1 Å². The van der Waals surface area contributed by atoms with Crippen molar-refractivity contribution in [2.75, 3.05) is 0 Å². The van der Waals surface area contributed by atoms with Gasteiger partial charge in [0.1, 0.15) is 0 Å². The molecule has 0 aliphatic heterocycles. The lowest BCUT2D eigenvalue weighted by atomic mass is 9.94. The van der Waals surface area contributed by atoms with Crippen LogP contribution in [-0.4, -0.2) is 8.42 Å². The lowest BCUT2D eigenvalue weighted by Crippen LogP contribution is -2.03. The van der Waals surface area contributed by atoms with E-state index in [-0.39, 0.29) is 4.90 Å². The van der Waals surface area contributed by atoms with Crippen LogP contribution in [0.25, 0.3) is 54.6 Å². The maximum absolute atomic E-state index is 14.2. The summed E-state index contributed by atoms with van der Waals surface area (Å²) >= 11 is 0. The van der Waals surface area contributed by atoms with Crippen LogP contribution in [0.1, 0.15) is 0 Å². The molecule has 7 aromatic carbocycles. The predicted octanol–water partition coefficient (Wildman–Crippen LogP) is 9.31. The Balaban J connectivity index is 1.47. The molecule has 0 spiro atoms. The molecule has 0 amide bonds. The standard InChI is InChI=1S/C36H24O2S/c37-39(38,30-22-27(25-11-3-1-4-12-25)21-28(23-30)26-13-5-2-6-14-26)29-19-20-35-33-17-8-7-15-31(33)32-16-9-10-18-34(32)36(35)24-29/h1-24H. The molecule has 0 saturated carbocycles. The van der Waals surface area contributed by atoms with Crippen molar-refractivity contribution in [3.8, 4) is 22.3 Å². The molecule has 0 aliphatic carbocycles. The van der Waals surface area contributed by atoms with Gasteiger partial charge in [-0.2, -0.15) is 0 Å². The Morgan fingerprint density at radius 1 is 0.308 bits per heavy atom. The molecule has 0 unspecified atom stereocenters. The highest BCUT2D eigenvalue weighted by Crippen LogP contribution is 2.38. The minimum absolute atomic E-state index is 0.284. The average molecular weight is 521 g/mol. The van der Waals surface area contributed by atoms with Crippen molar-refractivity contribution >= 4 is 42.2 Å². The van der Waals surface area contributed by atoms with Crippen molar-refractivity contribution in [2.24, 2.45) is 0 Å². The summed E-state index contributed by atoms with van der Waals surface area (Å²) in [7, 11) is -3.81. The summed E-state index contributed by atoms with van der Waals surface area (Å²) in [6.07, 6.45) is 0. The van der Waals surface area contributed by atoms with Gasteiger partial charge in [0, 0.05) is 0 Å². The van der Waals surface area contributed by atoms with Gasteiger partial charge >= 0.3 is 0 Å². The number of hydrogen-bond acceptors (Lipinski definition) is 2. The van der Waals surface area contributed by atoms with Crippen LogP contribution >= 0.6 is 0 Å². The molecule has 3 heteroatoms. The third-order valence-electron chi connectivity index (χ3n) is 7.46. The minimum atomic E-state index is -3.81. The van der Waals surface area contributed by atoms with E-state index >= 15 is 0 Å². The lowest BCUT2D eigenvalue weighted by molar-refractivity contribution is 0.596.